The summed E-state index contributed by atoms with van der Waals surface area (Å²) in [6.45, 7) is 0. The number of halogens is 5. The summed E-state index contributed by atoms with van der Waals surface area (Å²) in [5, 5.41) is 0.577. The molecule has 20 heavy (non-hydrogen) atoms. The molecular weight excluding hydrogens is 415 g/mol. The highest BCUT2D eigenvalue weighted by molar-refractivity contribution is 9.10. The Morgan fingerprint density at radius 3 is 2.50 bits per heavy atom. The van der Waals surface area contributed by atoms with Crippen LogP contribution in [-0.2, 0) is 6.42 Å². The van der Waals surface area contributed by atoms with Crippen molar-refractivity contribution in [1.82, 2.24) is 0 Å². The van der Waals surface area contributed by atoms with Crippen LogP contribution in [0.5, 0.6) is 0 Å². The Hall–Kier alpha value is -0.490. The zero-order chi connectivity index (χ0) is 14.9. The maximum atomic E-state index is 13.5. The fourth-order valence-electron chi connectivity index (χ4n) is 1.86. The first kappa shape index (κ1) is 15.9. The lowest BCUT2D eigenvalue weighted by molar-refractivity contribution is 0.500. The Morgan fingerprint density at radius 1 is 1.15 bits per heavy atom. The number of hydrogen-bond donors (Lipinski definition) is 1. The van der Waals surface area contributed by atoms with Crippen LogP contribution in [0.3, 0.4) is 0 Å². The molecule has 0 bridgehead atoms. The molecule has 0 aliphatic heterocycles. The lowest BCUT2D eigenvalue weighted by Crippen LogP contribution is -2.15. The van der Waals surface area contributed by atoms with Gasteiger partial charge in [-0.2, -0.15) is 0 Å². The third kappa shape index (κ3) is 3.39. The molecule has 1 atom stereocenters. The second-order valence-electron chi connectivity index (χ2n) is 4.31. The lowest BCUT2D eigenvalue weighted by Gasteiger charge is -2.15. The fraction of sp³-hybridized carbons (Fsp3) is 0.143. The first-order chi connectivity index (χ1) is 9.40. The summed E-state index contributed by atoms with van der Waals surface area (Å²) in [5.74, 6) is -1.84. The summed E-state index contributed by atoms with van der Waals surface area (Å²) in [7, 11) is 0. The molecule has 0 fully saturated rings. The van der Waals surface area contributed by atoms with Gasteiger partial charge in [-0.15, -0.1) is 0 Å². The van der Waals surface area contributed by atoms with Gasteiger partial charge in [0.05, 0.1) is 4.47 Å². The van der Waals surface area contributed by atoms with Gasteiger partial charge in [0, 0.05) is 15.5 Å². The molecule has 6 heteroatoms. The molecule has 0 amide bonds. The molecule has 1 nitrogen and oxygen atoms in total. The summed E-state index contributed by atoms with van der Waals surface area (Å²) in [4.78, 5) is 0. The van der Waals surface area contributed by atoms with Crippen LogP contribution in [0.1, 0.15) is 17.2 Å². The van der Waals surface area contributed by atoms with E-state index in [9.17, 15) is 8.78 Å². The maximum Gasteiger partial charge on any atom is 0.173 e. The number of hydrogen-bond acceptors (Lipinski definition) is 1. The highest BCUT2D eigenvalue weighted by Gasteiger charge is 2.17. The van der Waals surface area contributed by atoms with Gasteiger partial charge in [0.1, 0.15) is 0 Å². The molecule has 2 aromatic carbocycles. The number of rotatable bonds is 3. The highest BCUT2D eigenvalue weighted by atomic mass is 79.9. The minimum Gasteiger partial charge on any atom is -0.324 e. The molecule has 2 rings (SSSR count). The summed E-state index contributed by atoms with van der Waals surface area (Å²) in [5.41, 5.74) is 7.41. The van der Waals surface area contributed by atoms with Crippen LogP contribution < -0.4 is 5.73 Å². The van der Waals surface area contributed by atoms with Crippen molar-refractivity contribution in [2.45, 2.75) is 12.5 Å². The molecule has 1 unspecified atom stereocenters. The average Bonchev–Trinajstić information content (AvgIpc) is 2.39. The molecular formula is C14H10Br2ClF2N. The van der Waals surface area contributed by atoms with Gasteiger partial charge in [-0.3, -0.25) is 0 Å². The summed E-state index contributed by atoms with van der Waals surface area (Å²) < 4.78 is 27.5. The first-order valence-corrected chi connectivity index (χ1v) is 7.69. The summed E-state index contributed by atoms with van der Waals surface area (Å²) in [6, 6.07) is 7.52. The Kier molecular flexibility index (Phi) is 5.18. The third-order valence-electron chi connectivity index (χ3n) is 2.92. The first-order valence-electron chi connectivity index (χ1n) is 5.73. The predicted octanol–water partition coefficient (Wildman–Crippen LogP) is 5.39. The topological polar surface area (TPSA) is 26.0 Å². The zero-order valence-corrected chi connectivity index (χ0v) is 14.1. The van der Waals surface area contributed by atoms with E-state index in [1.54, 1.807) is 6.07 Å². The van der Waals surface area contributed by atoms with Gasteiger partial charge in [0.2, 0.25) is 0 Å². The zero-order valence-electron chi connectivity index (χ0n) is 10.1. The minimum atomic E-state index is -0.931. The number of benzene rings is 2. The highest BCUT2D eigenvalue weighted by Crippen LogP contribution is 2.30. The van der Waals surface area contributed by atoms with Gasteiger partial charge >= 0.3 is 0 Å². The van der Waals surface area contributed by atoms with Crippen molar-refractivity contribution in [1.29, 1.82) is 0 Å². The standard InChI is InChI=1S/C14H10Br2ClF2N/c15-8-2-1-7(10(17)6-8)5-12(20)9-3-4-11(18)14(19)13(9)16/h1-4,6,12H,5,20H2. The smallest absolute Gasteiger partial charge is 0.173 e. The molecule has 0 radical (unpaired) electrons. The molecule has 0 aliphatic rings. The van der Waals surface area contributed by atoms with Crippen molar-refractivity contribution >= 4 is 43.5 Å². The minimum absolute atomic E-state index is 0.0539. The SMILES string of the molecule is NC(Cc1ccc(Br)cc1Cl)c1ccc(F)c(F)c1Br. The van der Waals surface area contributed by atoms with Crippen LogP contribution in [0.2, 0.25) is 5.02 Å². The predicted molar refractivity (Wildman–Crippen MR) is 83.8 cm³/mol. The second kappa shape index (κ2) is 6.52. The largest absolute Gasteiger partial charge is 0.324 e. The Balaban J connectivity index is 2.28. The van der Waals surface area contributed by atoms with Crippen molar-refractivity contribution in [3.63, 3.8) is 0 Å². The van der Waals surface area contributed by atoms with Gasteiger partial charge in [-0.1, -0.05) is 39.7 Å². The van der Waals surface area contributed by atoms with Crippen molar-refractivity contribution in [2.75, 3.05) is 0 Å². The molecule has 2 aromatic rings. The van der Waals surface area contributed by atoms with E-state index in [0.717, 1.165) is 16.1 Å². The Bertz CT molecular complexity index is 649. The maximum absolute atomic E-state index is 13.5. The van der Waals surface area contributed by atoms with E-state index < -0.39 is 17.7 Å². The van der Waals surface area contributed by atoms with E-state index in [4.69, 9.17) is 17.3 Å². The molecule has 106 valence electrons. The van der Waals surface area contributed by atoms with Gasteiger partial charge in [-0.05, 0) is 51.7 Å². The van der Waals surface area contributed by atoms with E-state index in [2.05, 4.69) is 31.9 Å². The van der Waals surface area contributed by atoms with Crippen molar-refractivity contribution in [3.8, 4) is 0 Å². The van der Waals surface area contributed by atoms with Crippen LogP contribution in [0.15, 0.2) is 39.3 Å². The molecule has 0 aliphatic carbocycles. The van der Waals surface area contributed by atoms with E-state index in [-0.39, 0.29) is 4.47 Å². The van der Waals surface area contributed by atoms with Crippen LogP contribution in [0, 0.1) is 11.6 Å². The molecule has 0 heterocycles. The van der Waals surface area contributed by atoms with E-state index in [1.165, 1.54) is 6.07 Å². The molecule has 2 N–H and O–H groups in total. The van der Waals surface area contributed by atoms with E-state index in [1.807, 2.05) is 12.1 Å². The van der Waals surface area contributed by atoms with E-state index >= 15 is 0 Å². The summed E-state index contributed by atoms with van der Waals surface area (Å²) in [6.07, 6.45) is 0.426. The fourth-order valence-corrected chi connectivity index (χ4v) is 3.23. The lowest BCUT2D eigenvalue weighted by atomic mass is 9.99. The molecule has 0 saturated carbocycles. The Morgan fingerprint density at radius 2 is 1.85 bits per heavy atom. The van der Waals surface area contributed by atoms with Crippen molar-refractivity contribution in [3.05, 3.63) is 67.1 Å². The summed E-state index contributed by atoms with van der Waals surface area (Å²) >= 11 is 12.5. The van der Waals surface area contributed by atoms with E-state index in [0.29, 0.717) is 17.0 Å². The normalized spacial score (nSPS) is 12.5. The average molecular weight is 425 g/mol. The molecule has 0 aromatic heterocycles. The van der Waals surface area contributed by atoms with Gasteiger partial charge in [0.25, 0.3) is 0 Å². The third-order valence-corrected chi connectivity index (χ3v) is 4.57. The second-order valence-corrected chi connectivity index (χ2v) is 6.43. The molecule has 0 spiro atoms. The monoisotopic (exact) mass is 423 g/mol. The van der Waals surface area contributed by atoms with Crippen LogP contribution in [0.4, 0.5) is 8.78 Å². The van der Waals surface area contributed by atoms with Crippen LogP contribution in [0.25, 0.3) is 0 Å². The Labute approximate surface area is 137 Å². The van der Waals surface area contributed by atoms with Crippen molar-refractivity contribution < 1.29 is 8.78 Å². The quantitative estimate of drug-likeness (QED) is 0.656. The van der Waals surface area contributed by atoms with Gasteiger partial charge in [0.15, 0.2) is 11.6 Å². The van der Waals surface area contributed by atoms with Gasteiger partial charge in [-0.25, -0.2) is 8.78 Å². The molecule has 0 saturated heterocycles. The van der Waals surface area contributed by atoms with Crippen LogP contribution in [-0.4, -0.2) is 0 Å². The van der Waals surface area contributed by atoms with Crippen molar-refractivity contribution in [2.24, 2.45) is 5.73 Å². The van der Waals surface area contributed by atoms with Gasteiger partial charge < -0.3 is 5.73 Å². The number of nitrogens with two attached hydrogens (primary N) is 1. The van der Waals surface area contributed by atoms with Crippen LogP contribution >= 0.6 is 43.5 Å².